The molecule has 5 heteroatoms. The molecular weight excluding hydrogens is 354 g/mol. The van der Waals surface area contributed by atoms with Crippen LogP contribution in [0.1, 0.15) is 10.8 Å². The predicted molar refractivity (Wildman–Crippen MR) is 109 cm³/mol. The lowest BCUT2D eigenvalue weighted by atomic mass is 10.1. The number of primary amides is 1. The summed E-state index contributed by atoms with van der Waals surface area (Å²) in [6.07, 6.45) is 0. The monoisotopic (exact) mass is 371 g/mol. The van der Waals surface area contributed by atoms with Crippen molar-refractivity contribution in [3.8, 4) is 11.3 Å². The van der Waals surface area contributed by atoms with E-state index in [2.05, 4.69) is 10.2 Å². The van der Waals surface area contributed by atoms with Gasteiger partial charge in [-0.15, -0.1) is 10.2 Å². The molecule has 2 N–H and O–H groups in total. The summed E-state index contributed by atoms with van der Waals surface area (Å²) in [5.41, 5.74) is 8.36. The number of aromatic nitrogens is 2. The van der Waals surface area contributed by atoms with Gasteiger partial charge in [0.05, 0.1) is 0 Å². The van der Waals surface area contributed by atoms with Crippen molar-refractivity contribution in [3.05, 3.63) is 90.5 Å². The minimum Gasteiger partial charge on any atom is -0.368 e. The minimum atomic E-state index is -0.522. The van der Waals surface area contributed by atoms with Gasteiger partial charge in [0.25, 0.3) is 0 Å². The fourth-order valence-corrected chi connectivity index (χ4v) is 4.03. The van der Waals surface area contributed by atoms with Crippen molar-refractivity contribution in [2.45, 2.75) is 10.3 Å². The number of rotatable bonds is 5. The Hall–Kier alpha value is -3.18. The summed E-state index contributed by atoms with van der Waals surface area (Å²) in [4.78, 5) is 12.1. The van der Waals surface area contributed by atoms with Crippen molar-refractivity contribution < 1.29 is 4.79 Å². The van der Waals surface area contributed by atoms with Gasteiger partial charge in [0.15, 0.2) is 0 Å². The summed E-state index contributed by atoms with van der Waals surface area (Å²) in [6.45, 7) is 0. The Morgan fingerprint density at radius 2 is 1.37 bits per heavy atom. The van der Waals surface area contributed by atoms with E-state index in [0.717, 1.165) is 27.6 Å². The molecule has 4 nitrogen and oxygen atoms in total. The van der Waals surface area contributed by atoms with Crippen LogP contribution in [0.5, 0.6) is 0 Å². The first-order valence-corrected chi connectivity index (χ1v) is 9.44. The lowest BCUT2D eigenvalue weighted by molar-refractivity contribution is -0.117. The number of carbonyl (C=O) groups is 1. The van der Waals surface area contributed by atoms with E-state index >= 15 is 0 Å². The lowest BCUT2D eigenvalue weighted by Crippen LogP contribution is -2.19. The number of nitrogens with two attached hydrogens (primary N) is 1. The molecule has 1 atom stereocenters. The van der Waals surface area contributed by atoms with Crippen molar-refractivity contribution in [3.63, 3.8) is 0 Å². The summed E-state index contributed by atoms with van der Waals surface area (Å²) in [5, 5.41) is 11.0. The highest BCUT2D eigenvalue weighted by molar-refractivity contribution is 8.00. The van der Waals surface area contributed by atoms with Gasteiger partial charge in [0, 0.05) is 16.3 Å². The second-order valence-electron chi connectivity index (χ2n) is 6.08. The number of benzene rings is 3. The number of carbonyl (C=O) groups excluding carboxylic acids is 1. The van der Waals surface area contributed by atoms with Crippen molar-refractivity contribution >= 4 is 28.4 Å². The van der Waals surface area contributed by atoms with Crippen LogP contribution in [0.3, 0.4) is 0 Å². The highest BCUT2D eigenvalue weighted by atomic mass is 32.2. The maximum atomic E-state index is 12.1. The molecule has 0 fully saturated rings. The molecule has 0 spiro atoms. The van der Waals surface area contributed by atoms with E-state index in [1.54, 1.807) is 0 Å². The first kappa shape index (κ1) is 17.2. The van der Waals surface area contributed by atoms with Crippen LogP contribution in [0.25, 0.3) is 22.0 Å². The fraction of sp³-hybridized carbons (Fsp3) is 0.0455. The van der Waals surface area contributed by atoms with Crippen molar-refractivity contribution in [2.24, 2.45) is 5.73 Å². The van der Waals surface area contributed by atoms with Crippen LogP contribution in [0.15, 0.2) is 90.0 Å². The van der Waals surface area contributed by atoms with Crippen LogP contribution in [0, 0.1) is 0 Å². The molecule has 3 aromatic carbocycles. The van der Waals surface area contributed by atoms with Crippen LogP contribution >= 0.6 is 11.8 Å². The number of amides is 1. The Bertz CT molecular complexity index is 1080. The molecule has 0 bridgehead atoms. The number of hydrogen-bond donors (Lipinski definition) is 1. The molecule has 27 heavy (non-hydrogen) atoms. The van der Waals surface area contributed by atoms with Gasteiger partial charge in [-0.2, -0.15) is 0 Å². The quantitative estimate of drug-likeness (QED) is 0.520. The fourth-order valence-electron chi connectivity index (χ4n) is 3.01. The Kier molecular flexibility index (Phi) is 4.85. The SMILES string of the molecule is NC(=O)C(Sc1nnc(-c2ccccc2)c2ccccc12)c1ccccc1. The predicted octanol–water partition coefficient (Wildman–Crippen LogP) is 4.62. The van der Waals surface area contributed by atoms with E-state index in [1.807, 2.05) is 84.9 Å². The zero-order valence-corrected chi connectivity index (χ0v) is 15.3. The summed E-state index contributed by atoms with van der Waals surface area (Å²) in [7, 11) is 0. The Labute approximate surface area is 161 Å². The van der Waals surface area contributed by atoms with Gasteiger partial charge in [-0.3, -0.25) is 4.79 Å². The second-order valence-corrected chi connectivity index (χ2v) is 7.17. The van der Waals surface area contributed by atoms with Gasteiger partial charge in [-0.1, -0.05) is 96.7 Å². The molecule has 0 aliphatic rings. The van der Waals surface area contributed by atoms with Gasteiger partial charge in [0.1, 0.15) is 16.0 Å². The molecular formula is C22H17N3OS. The standard InChI is InChI=1S/C22H17N3OS/c23-21(26)20(16-11-5-2-6-12-16)27-22-18-14-8-7-13-17(18)19(24-25-22)15-9-3-1-4-10-15/h1-14,20H,(H2,23,26). The van der Waals surface area contributed by atoms with Crippen LogP contribution < -0.4 is 5.73 Å². The second kappa shape index (κ2) is 7.60. The summed E-state index contributed by atoms with van der Waals surface area (Å²) in [5.74, 6) is -0.399. The first-order chi connectivity index (χ1) is 13.2. The maximum absolute atomic E-state index is 12.1. The largest absolute Gasteiger partial charge is 0.368 e. The highest BCUT2D eigenvalue weighted by Gasteiger charge is 2.22. The van der Waals surface area contributed by atoms with Crippen LogP contribution in [0.2, 0.25) is 0 Å². The van der Waals surface area contributed by atoms with Crippen molar-refractivity contribution in [1.82, 2.24) is 10.2 Å². The van der Waals surface area contributed by atoms with E-state index in [4.69, 9.17) is 5.73 Å². The Morgan fingerprint density at radius 1 is 0.778 bits per heavy atom. The van der Waals surface area contributed by atoms with Gasteiger partial charge >= 0.3 is 0 Å². The third kappa shape index (κ3) is 3.55. The van der Waals surface area contributed by atoms with Crippen molar-refractivity contribution in [2.75, 3.05) is 0 Å². The zero-order chi connectivity index (χ0) is 18.6. The molecule has 0 aliphatic heterocycles. The van der Waals surface area contributed by atoms with E-state index in [1.165, 1.54) is 11.8 Å². The molecule has 1 unspecified atom stereocenters. The summed E-state index contributed by atoms with van der Waals surface area (Å²) < 4.78 is 0. The number of thioether (sulfide) groups is 1. The van der Waals surface area contributed by atoms with E-state index in [-0.39, 0.29) is 0 Å². The lowest BCUT2D eigenvalue weighted by Gasteiger charge is -2.15. The number of fused-ring (bicyclic) bond motifs is 1. The van der Waals surface area contributed by atoms with Crippen molar-refractivity contribution in [1.29, 1.82) is 0 Å². The average molecular weight is 371 g/mol. The topological polar surface area (TPSA) is 68.9 Å². The first-order valence-electron chi connectivity index (χ1n) is 8.56. The van der Waals surface area contributed by atoms with Gasteiger partial charge in [-0.05, 0) is 5.56 Å². The minimum absolute atomic E-state index is 0.399. The van der Waals surface area contributed by atoms with Crippen LogP contribution in [0.4, 0.5) is 0 Å². The molecule has 132 valence electrons. The average Bonchev–Trinajstić information content (AvgIpc) is 2.73. The number of hydrogen-bond acceptors (Lipinski definition) is 4. The smallest absolute Gasteiger partial charge is 0.235 e. The molecule has 1 amide bonds. The molecule has 4 rings (SSSR count). The van der Waals surface area contributed by atoms with Gasteiger partial charge < -0.3 is 5.73 Å². The van der Waals surface area contributed by atoms with E-state index < -0.39 is 11.2 Å². The van der Waals surface area contributed by atoms with Crippen LogP contribution in [-0.4, -0.2) is 16.1 Å². The van der Waals surface area contributed by atoms with Gasteiger partial charge in [0.2, 0.25) is 5.91 Å². The Balaban J connectivity index is 1.80. The normalized spacial score (nSPS) is 12.0. The third-order valence-corrected chi connectivity index (χ3v) is 5.56. The van der Waals surface area contributed by atoms with E-state index in [9.17, 15) is 4.79 Å². The van der Waals surface area contributed by atoms with E-state index in [0.29, 0.717) is 5.03 Å². The van der Waals surface area contributed by atoms with Gasteiger partial charge in [-0.25, -0.2) is 0 Å². The molecule has 4 aromatic rings. The molecule has 0 saturated heterocycles. The molecule has 1 aromatic heterocycles. The zero-order valence-electron chi connectivity index (χ0n) is 14.4. The molecule has 0 saturated carbocycles. The number of nitrogens with zero attached hydrogens (tertiary/aromatic N) is 2. The Morgan fingerprint density at radius 3 is 2.04 bits per heavy atom. The maximum Gasteiger partial charge on any atom is 0.235 e. The summed E-state index contributed by atoms with van der Waals surface area (Å²) >= 11 is 1.34. The van der Waals surface area contributed by atoms with Crippen LogP contribution in [-0.2, 0) is 4.79 Å². The highest BCUT2D eigenvalue weighted by Crippen LogP contribution is 2.38. The molecule has 1 heterocycles. The summed E-state index contributed by atoms with van der Waals surface area (Å²) in [6, 6.07) is 27.4. The molecule has 0 radical (unpaired) electrons. The molecule has 0 aliphatic carbocycles. The third-order valence-electron chi connectivity index (χ3n) is 4.29.